The van der Waals surface area contributed by atoms with Crippen molar-refractivity contribution in [3.8, 4) is 0 Å². The van der Waals surface area contributed by atoms with Gasteiger partial charge in [0, 0.05) is 24.8 Å². The Kier molecular flexibility index (Phi) is 6.14. The summed E-state index contributed by atoms with van der Waals surface area (Å²) in [5.74, 6) is 0.823. The van der Waals surface area contributed by atoms with Gasteiger partial charge in [-0.15, -0.1) is 0 Å². The van der Waals surface area contributed by atoms with E-state index in [0.29, 0.717) is 18.7 Å². The summed E-state index contributed by atoms with van der Waals surface area (Å²) in [5.41, 5.74) is 6.91. The number of nitrogens with one attached hydrogen (secondary N) is 1. The zero-order valence-corrected chi connectivity index (χ0v) is 12.8. The fourth-order valence-corrected chi connectivity index (χ4v) is 2.62. The Morgan fingerprint density at radius 3 is 2.95 bits per heavy atom. The average molecular weight is 290 g/mol. The van der Waals surface area contributed by atoms with Crippen molar-refractivity contribution in [3.05, 3.63) is 29.6 Å². The van der Waals surface area contributed by atoms with Crippen LogP contribution in [0.5, 0.6) is 0 Å². The predicted octanol–water partition coefficient (Wildman–Crippen LogP) is 1.39. The topological polar surface area (TPSA) is 71.2 Å². The summed E-state index contributed by atoms with van der Waals surface area (Å²) in [5, 5.41) is 2.96. The molecule has 21 heavy (non-hydrogen) atoms. The van der Waals surface area contributed by atoms with Gasteiger partial charge in [0.05, 0.1) is 5.69 Å². The minimum atomic E-state index is -0.0423. The molecule has 0 aliphatic carbocycles. The highest BCUT2D eigenvalue weighted by molar-refractivity contribution is 5.94. The van der Waals surface area contributed by atoms with E-state index < -0.39 is 0 Å². The minimum Gasteiger partial charge on any atom is -0.352 e. The second kappa shape index (κ2) is 8.10. The summed E-state index contributed by atoms with van der Waals surface area (Å²) in [6.07, 6.45) is 5.22. The van der Waals surface area contributed by atoms with Crippen LogP contribution in [0.1, 0.15) is 42.2 Å². The van der Waals surface area contributed by atoms with Crippen LogP contribution in [0.15, 0.2) is 18.3 Å². The third kappa shape index (κ3) is 5.10. The highest BCUT2D eigenvalue weighted by Crippen LogP contribution is 2.15. The van der Waals surface area contributed by atoms with Crippen molar-refractivity contribution in [2.24, 2.45) is 11.7 Å². The monoisotopic (exact) mass is 290 g/mol. The fraction of sp³-hybridized carbons (Fsp3) is 0.625. The van der Waals surface area contributed by atoms with Crippen LogP contribution >= 0.6 is 0 Å². The van der Waals surface area contributed by atoms with E-state index in [0.717, 1.165) is 24.6 Å². The van der Waals surface area contributed by atoms with Gasteiger partial charge in [0.1, 0.15) is 0 Å². The number of hydrogen-bond acceptors (Lipinski definition) is 4. The SMILES string of the molecule is CC1CCN(CCCNC(=O)c2ccnc(CN)c2)CC1. The molecule has 1 fully saturated rings. The standard InChI is InChI=1S/C16H26N4O/c1-13-4-9-20(10-5-13)8-2-6-19-16(21)14-3-7-18-15(11-14)12-17/h3,7,11,13H,2,4-6,8-10,12,17H2,1H3,(H,19,21). The van der Waals surface area contributed by atoms with Crippen molar-refractivity contribution in [2.75, 3.05) is 26.2 Å². The number of nitrogens with two attached hydrogens (primary N) is 1. The Labute approximate surface area is 126 Å². The van der Waals surface area contributed by atoms with Gasteiger partial charge in [0.2, 0.25) is 0 Å². The number of piperidine rings is 1. The van der Waals surface area contributed by atoms with Crippen LogP contribution in [0.3, 0.4) is 0 Å². The summed E-state index contributed by atoms with van der Waals surface area (Å²) >= 11 is 0. The van der Waals surface area contributed by atoms with E-state index in [-0.39, 0.29) is 5.91 Å². The number of carbonyl (C=O) groups excluding carboxylic acids is 1. The lowest BCUT2D eigenvalue weighted by atomic mass is 9.99. The van der Waals surface area contributed by atoms with Gasteiger partial charge in [-0.25, -0.2) is 0 Å². The molecule has 0 spiro atoms. The number of hydrogen-bond donors (Lipinski definition) is 2. The normalized spacial score (nSPS) is 16.9. The molecule has 3 N–H and O–H groups in total. The first-order valence-electron chi connectivity index (χ1n) is 7.84. The molecule has 2 heterocycles. The third-order valence-electron chi connectivity index (χ3n) is 4.10. The Morgan fingerprint density at radius 1 is 1.48 bits per heavy atom. The van der Waals surface area contributed by atoms with Crippen LogP contribution in [0.4, 0.5) is 0 Å². The molecule has 0 aromatic carbocycles. The summed E-state index contributed by atoms with van der Waals surface area (Å²) in [7, 11) is 0. The number of nitrogens with zero attached hydrogens (tertiary/aromatic N) is 2. The minimum absolute atomic E-state index is 0.0423. The first kappa shape index (κ1) is 15.9. The molecule has 5 nitrogen and oxygen atoms in total. The highest BCUT2D eigenvalue weighted by atomic mass is 16.1. The van der Waals surface area contributed by atoms with Crippen LogP contribution in [0.2, 0.25) is 0 Å². The number of carbonyl (C=O) groups is 1. The fourth-order valence-electron chi connectivity index (χ4n) is 2.62. The van der Waals surface area contributed by atoms with Crippen LogP contribution in [0.25, 0.3) is 0 Å². The van der Waals surface area contributed by atoms with Gasteiger partial charge < -0.3 is 16.0 Å². The van der Waals surface area contributed by atoms with Crippen molar-refractivity contribution >= 4 is 5.91 Å². The molecule has 1 saturated heterocycles. The number of rotatable bonds is 6. The van der Waals surface area contributed by atoms with E-state index in [9.17, 15) is 4.79 Å². The molecule has 1 aromatic rings. The summed E-state index contributed by atoms with van der Waals surface area (Å²) in [4.78, 5) is 18.6. The lowest BCUT2D eigenvalue weighted by molar-refractivity contribution is 0.0950. The maximum atomic E-state index is 12.0. The Balaban J connectivity index is 1.67. The molecule has 0 saturated carbocycles. The van der Waals surface area contributed by atoms with Gasteiger partial charge in [0.25, 0.3) is 5.91 Å². The molecule has 1 aromatic heterocycles. The van der Waals surface area contributed by atoms with Gasteiger partial charge in [-0.3, -0.25) is 9.78 Å². The number of pyridine rings is 1. The lowest BCUT2D eigenvalue weighted by Gasteiger charge is -2.30. The van der Waals surface area contributed by atoms with Gasteiger partial charge in [-0.1, -0.05) is 6.92 Å². The van der Waals surface area contributed by atoms with Crippen LogP contribution in [-0.4, -0.2) is 42.0 Å². The van der Waals surface area contributed by atoms with E-state index in [1.807, 2.05) is 0 Å². The first-order chi connectivity index (χ1) is 10.2. The molecule has 0 atom stereocenters. The number of amides is 1. The number of aromatic nitrogens is 1. The van der Waals surface area contributed by atoms with E-state index in [2.05, 4.69) is 22.1 Å². The van der Waals surface area contributed by atoms with E-state index in [4.69, 9.17) is 5.73 Å². The predicted molar refractivity (Wildman–Crippen MR) is 83.9 cm³/mol. The van der Waals surface area contributed by atoms with Gasteiger partial charge in [0.15, 0.2) is 0 Å². The second-order valence-corrected chi connectivity index (χ2v) is 5.87. The maximum absolute atomic E-state index is 12.0. The molecule has 1 aliphatic rings. The van der Waals surface area contributed by atoms with Crippen molar-refractivity contribution in [2.45, 2.75) is 32.7 Å². The van der Waals surface area contributed by atoms with Crippen LogP contribution in [0, 0.1) is 5.92 Å². The van der Waals surface area contributed by atoms with Crippen molar-refractivity contribution in [1.29, 1.82) is 0 Å². The van der Waals surface area contributed by atoms with Crippen molar-refractivity contribution in [3.63, 3.8) is 0 Å². The van der Waals surface area contributed by atoms with E-state index in [1.54, 1.807) is 18.3 Å². The first-order valence-corrected chi connectivity index (χ1v) is 7.84. The third-order valence-corrected chi connectivity index (χ3v) is 4.10. The second-order valence-electron chi connectivity index (χ2n) is 5.87. The van der Waals surface area contributed by atoms with Gasteiger partial charge >= 0.3 is 0 Å². The van der Waals surface area contributed by atoms with E-state index >= 15 is 0 Å². The highest BCUT2D eigenvalue weighted by Gasteiger charge is 2.15. The molecule has 1 amide bonds. The number of likely N-dealkylation sites (tertiary alicyclic amines) is 1. The Hall–Kier alpha value is -1.46. The molecule has 0 bridgehead atoms. The molecule has 2 rings (SSSR count). The molecule has 1 aliphatic heterocycles. The lowest BCUT2D eigenvalue weighted by Crippen LogP contribution is -2.35. The zero-order valence-electron chi connectivity index (χ0n) is 12.8. The summed E-state index contributed by atoms with van der Waals surface area (Å²) in [6.45, 7) is 6.84. The van der Waals surface area contributed by atoms with Gasteiger partial charge in [-0.05, 0) is 56.9 Å². The summed E-state index contributed by atoms with van der Waals surface area (Å²) in [6, 6.07) is 3.47. The molecule has 116 valence electrons. The zero-order chi connectivity index (χ0) is 15.1. The molecular formula is C16H26N4O. The quantitative estimate of drug-likeness (QED) is 0.777. The largest absolute Gasteiger partial charge is 0.352 e. The van der Waals surface area contributed by atoms with E-state index in [1.165, 1.54) is 25.9 Å². The molecule has 0 unspecified atom stereocenters. The maximum Gasteiger partial charge on any atom is 0.251 e. The smallest absolute Gasteiger partial charge is 0.251 e. The Morgan fingerprint density at radius 2 is 2.24 bits per heavy atom. The van der Waals surface area contributed by atoms with Crippen LogP contribution < -0.4 is 11.1 Å². The molecule has 0 radical (unpaired) electrons. The van der Waals surface area contributed by atoms with Crippen molar-refractivity contribution < 1.29 is 4.79 Å². The van der Waals surface area contributed by atoms with Crippen molar-refractivity contribution in [1.82, 2.24) is 15.2 Å². The average Bonchev–Trinajstić information content (AvgIpc) is 2.53. The summed E-state index contributed by atoms with van der Waals surface area (Å²) < 4.78 is 0. The van der Waals surface area contributed by atoms with Crippen LogP contribution in [-0.2, 0) is 6.54 Å². The Bertz CT molecular complexity index is 455. The molecule has 5 heteroatoms. The van der Waals surface area contributed by atoms with Gasteiger partial charge in [-0.2, -0.15) is 0 Å². The molecular weight excluding hydrogens is 264 g/mol.